The van der Waals surface area contributed by atoms with E-state index in [1.54, 1.807) is 18.2 Å². The first kappa shape index (κ1) is 20.0. The van der Waals surface area contributed by atoms with Crippen molar-refractivity contribution in [2.24, 2.45) is 5.41 Å². The summed E-state index contributed by atoms with van der Waals surface area (Å²) in [5.74, 6) is 0.766. The summed E-state index contributed by atoms with van der Waals surface area (Å²) in [4.78, 5) is 33.7. The number of H-pyrrole nitrogens is 1. The van der Waals surface area contributed by atoms with Gasteiger partial charge in [-0.25, -0.2) is 4.98 Å². The van der Waals surface area contributed by atoms with Crippen LogP contribution in [0.25, 0.3) is 0 Å². The molecule has 1 atom stereocenters. The van der Waals surface area contributed by atoms with E-state index in [1.165, 1.54) is 11.8 Å². The summed E-state index contributed by atoms with van der Waals surface area (Å²) in [7, 11) is 0. The van der Waals surface area contributed by atoms with Gasteiger partial charge in [0.2, 0.25) is 0 Å². The Morgan fingerprint density at radius 1 is 1.28 bits per heavy atom. The number of allylic oxidation sites excluding steroid dienone is 2. The maximum Gasteiger partial charge on any atom is 0.257 e. The monoisotopic (exact) mass is 427 g/mol. The van der Waals surface area contributed by atoms with E-state index < -0.39 is 5.92 Å². The average molecular weight is 428 g/mol. The number of nitrogens with zero attached hydrogens (tertiary/aromatic N) is 1. The number of carbonyl (C=O) groups is 1. The zero-order chi connectivity index (χ0) is 20.8. The van der Waals surface area contributed by atoms with Crippen molar-refractivity contribution in [2.45, 2.75) is 37.8 Å². The number of aromatic nitrogens is 2. The Bertz CT molecular complexity index is 1090. The van der Waals surface area contributed by atoms with E-state index in [1.807, 2.05) is 12.1 Å². The second-order valence-corrected chi connectivity index (χ2v) is 9.62. The number of fused-ring (bicyclic) bond motifs is 1. The van der Waals surface area contributed by atoms with Gasteiger partial charge in [-0.2, -0.15) is 0 Å². The number of ketones is 1. The number of benzene rings is 1. The van der Waals surface area contributed by atoms with Crippen LogP contribution in [-0.2, 0) is 4.79 Å². The topological polar surface area (TPSA) is 74.8 Å². The fourth-order valence-corrected chi connectivity index (χ4v) is 4.81. The Morgan fingerprint density at radius 3 is 2.69 bits per heavy atom. The van der Waals surface area contributed by atoms with Gasteiger partial charge in [-0.15, -0.1) is 6.58 Å². The average Bonchev–Trinajstić information content (AvgIpc) is 2.64. The van der Waals surface area contributed by atoms with Gasteiger partial charge in [-0.1, -0.05) is 55.4 Å². The normalized spacial score (nSPS) is 20.0. The molecule has 7 heteroatoms. The largest absolute Gasteiger partial charge is 0.343 e. The first-order chi connectivity index (χ1) is 13.8. The highest BCUT2D eigenvalue weighted by molar-refractivity contribution is 7.99. The second-order valence-electron chi connectivity index (χ2n) is 8.18. The van der Waals surface area contributed by atoms with Crippen molar-refractivity contribution < 1.29 is 4.79 Å². The number of halogens is 1. The van der Waals surface area contributed by atoms with Crippen molar-refractivity contribution in [3.05, 3.63) is 74.7 Å². The Morgan fingerprint density at radius 2 is 2.00 bits per heavy atom. The van der Waals surface area contributed by atoms with Crippen LogP contribution in [0.1, 0.15) is 43.7 Å². The molecule has 5 nitrogen and oxygen atoms in total. The Kier molecular flexibility index (Phi) is 5.17. The van der Waals surface area contributed by atoms with Crippen molar-refractivity contribution in [1.29, 1.82) is 0 Å². The molecule has 2 aromatic rings. The number of Topliss-reactive ketones (excluding diaryl/α,β-unsaturated/α-hetero) is 1. The number of hydrogen-bond donors (Lipinski definition) is 2. The van der Waals surface area contributed by atoms with Crippen LogP contribution in [-0.4, -0.2) is 21.5 Å². The summed E-state index contributed by atoms with van der Waals surface area (Å²) in [5, 5.41) is 4.45. The lowest BCUT2D eigenvalue weighted by atomic mass is 9.69. The molecule has 2 N–H and O–H groups in total. The van der Waals surface area contributed by atoms with Crippen LogP contribution >= 0.6 is 23.4 Å². The fourth-order valence-electron chi connectivity index (χ4n) is 4.09. The number of nitrogens with one attached hydrogen (secondary N) is 2. The maximum absolute atomic E-state index is 13.2. The van der Waals surface area contributed by atoms with E-state index in [-0.39, 0.29) is 16.8 Å². The second kappa shape index (κ2) is 7.50. The molecular formula is C22H22ClN3O2S. The number of anilines is 1. The van der Waals surface area contributed by atoms with Crippen LogP contribution in [0.3, 0.4) is 0 Å². The zero-order valence-electron chi connectivity index (χ0n) is 16.3. The van der Waals surface area contributed by atoms with Crippen LogP contribution in [0.5, 0.6) is 0 Å². The van der Waals surface area contributed by atoms with Crippen LogP contribution in [0.15, 0.2) is 58.1 Å². The van der Waals surface area contributed by atoms with E-state index >= 15 is 0 Å². The van der Waals surface area contributed by atoms with Gasteiger partial charge in [0.15, 0.2) is 10.9 Å². The van der Waals surface area contributed by atoms with Gasteiger partial charge in [0.25, 0.3) is 5.56 Å². The molecule has 1 aliphatic carbocycles. The summed E-state index contributed by atoms with van der Waals surface area (Å²) in [6, 6.07) is 7.32. The SMILES string of the molecule is C=CCSc1nc2c(c(=O)[nH]1)[C@H](c1ccc(Cl)cc1)C1=C(CC(C)(C)CC1=O)N2. The molecule has 0 fully saturated rings. The third-order valence-corrected chi connectivity index (χ3v) is 6.36. The number of carbonyl (C=O) groups excluding carboxylic acids is 1. The fraction of sp³-hybridized carbons (Fsp3) is 0.318. The van der Waals surface area contributed by atoms with Gasteiger partial charge in [-0.05, 0) is 29.5 Å². The molecule has 0 spiro atoms. The van der Waals surface area contributed by atoms with Gasteiger partial charge in [0.1, 0.15) is 5.82 Å². The van der Waals surface area contributed by atoms with Gasteiger partial charge in [-0.3, -0.25) is 9.59 Å². The molecule has 0 radical (unpaired) electrons. The van der Waals surface area contributed by atoms with E-state index in [4.69, 9.17) is 11.6 Å². The van der Waals surface area contributed by atoms with Crippen molar-refractivity contribution in [3.63, 3.8) is 0 Å². The summed E-state index contributed by atoms with van der Waals surface area (Å²) in [6.07, 6.45) is 2.93. The van der Waals surface area contributed by atoms with Gasteiger partial charge >= 0.3 is 0 Å². The molecule has 1 aromatic carbocycles. The third-order valence-electron chi connectivity index (χ3n) is 5.24. The maximum atomic E-state index is 13.2. The molecule has 29 heavy (non-hydrogen) atoms. The third kappa shape index (κ3) is 3.79. The quantitative estimate of drug-likeness (QED) is 0.412. The van der Waals surface area contributed by atoms with Crippen LogP contribution in [0.2, 0.25) is 5.02 Å². The van der Waals surface area contributed by atoms with Crippen molar-refractivity contribution in [2.75, 3.05) is 11.1 Å². The van der Waals surface area contributed by atoms with E-state index in [0.717, 1.165) is 17.7 Å². The van der Waals surface area contributed by atoms with Crippen molar-refractivity contribution in [3.8, 4) is 0 Å². The molecule has 0 bridgehead atoms. The lowest BCUT2D eigenvalue weighted by Crippen LogP contribution is -2.37. The molecule has 0 amide bonds. The van der Waals surface area contributed by atoms with Crippen LogP contribution in [0.4, 0.5) is 5.82 Å². The van der Waals surface area contributed by atoms with Gasteiger partial charge in [0.05, 0.1) is 5.56 Å². The van der Waals surface area contributed by atoms with E-state index in [9.17, 15) is 9.59 Å². The zero-order valence-corrected chi connectivity index (χ0v) is 17.9. The summed E-state index contributed by atoms with van der Waals surface area (Å²) >= 11 is 7.48. The molecule has 1 aromatic heterocycles. The minimum absolute atomic E-state index is 0.0684. The van der Waals surface area contributed by atoms with E-state index in [0.29, 0.717) is 39.3 Å². The highest BCUT2D eigenvalue weighted by atomic mass is 35.5. The van der Waals surface area contributed by atoms with Gasteiger partial charge in [0, 0.05) is 34.4 Å². The summed E-state index contributed by atoms with van der Waals surface area (Å²) in [6.45, 7) is 7.88. The summed E-state index contributed by atoms with van der Waals surface area (Å²) < 4.78 is 0. The van der Waals surface area contributed by atoms with E-state index in [2.05, 4.69) is 35.7 Å². The Hall–Kier alpha value is -2.31. The molecule has 0 saturated carbocycles. The molecule has 150 valence electrons. The first-order valence-corrected chi connectivity index (χ1v) is 10.8. The molecule has 2 heterocycles. The molecule has 0 saturated heterocycles. The number of aromatic amines is 1. The minimum atomic E-state index is -0.461. The van der Waals surface area contributed by atoms with Gasteiger partial charge < -0.3 is 10.3 Å². The lowest BCUT2D eigenvalue weighted by molar-refractivity contribution is -0.118. The lowest BCUT2D eigenvalue weighted by Gasteiger charge is -2.38. The predicted molar refractivity (Wildman–Crippen MR) is 118 cm³/mol. The molecule has 2 aliphatic rings. The molecule has 1 aliphatic heterocycles. The first-order valence-electron chi connectivity index (χ1n) is 9.46. The smallest absolute Gasteiger partial charge is 0.257 e. The summed E-state index contributed by atoms with van der Waals surface area (Å²) in [5.41, 5.74) is 2.47. The van der Waals surface area contributed by atoms with Crippen molar-refractivity contribution in [1.82, 2.24) is 9.97 Å². The highest BCUT2D eigenvalue weighted by Gasteiger charge is 2.42. The standard InChI is InChI=1S/C22H22ClN3O2S/c1-4-9-29-21-25-19-18(20(28)26-21)16(12-5-7-13(23)8-6-12)17-14(24-19)10-22(2,3)11-15(17)27/h4-8,16H,1,9-11H2,2-3H3,(H2,24,25,26,28)/t16-/m1/s1. The van der Waals surface area contributed by atoms with Crippen molar-refractivity contribution >= 4 is 35.0 Å². The van der Waals surface area contributed by atoms with Crippen LogP contribution < -0.4 is 10.9 Å². The highest BCUT2D eigenvalue weighted by Crippen LogP contribution is 2.47. The van der Waals surface area contributed by atoms with Crippen LogP contribution in [0, 0.1) is 5.41 Å². The number of hydrogen-bond acceptors (Lipinski definition) is 5. The molecule has 0 unspecified atom stereocenters. The number of thioether (sulfide) groups is 1. The Labute approximate surface area is 178 Å². The predicted octanol–water partition coefficient (Wildman–Crippen LogP) is 4.90. The number of rotatable bonds is 4. The molecule has 4 rings (SSSR count). The molecular weight excluding hydrogens is 406 g/mol. The minimum Gasteiger partial charge on any atom is -0.343 e. The Balaban J connectivity index is 1.92.